The first-order valence-electron chi connectivity index (χ1n) is 7.74. The number of hydrogen-bond donors (Lipinski definition) is 1. The predicted molar refractivity (Wildman–Crippen MR) is 103 cm³/mol. The van der Waals surface area contributed by atoms with Gasteiger partial charge in [0.1, 0.15) is 0 Å². The largest absolute Gasteiger partial charge is 0.493 e. The number of halogens is 1. The van der Waals surface area contributed by atoms with Gasteiger partial charge in [-0.1, -0.05) is 36.4 Å². The Hall–Kier alpha value is -2.39. The maximum Gasteiger partial charge on any atom is 0.161 e. The molecule has 3 nitrogen and oxygen atoms in total. The van der Waals surface area contributed by atoms with E-state index < -0.39 is 0 Å². The fraction of sp³-hybridized carbons (Fsp3) is 0.200. The molecule has 0 bridgehead atoms. The van der Waals surface area contributed by atoms with Gasteiger partial charge in [-0.25, -0.2) is 0 Å². The predicted octanol–water partition coefficient (Wildman–Crippen LogP) is 4.93. The summed E-state index contributed by atoms with van der Waals surface area (Å²) in [4.78, 5) is 0. The highest BCUT2D eigenvalue weighted by atomic mass is 35.5. The summed E-state index contributed by atoms with van der Waals surface area (Å²) in [6.45, 7) is 0.906. The van der Waals surface area contributed by atoms with Crippen LogP contribution in [0.5, 0.6) is 11.5 Å². The maximum atomic E-state index is 5.39. The normalized spacial score (nSPS) is 10.1. The zero-order valence-electron chi connectivity index (χ0n) is 13.9. The minimum atomic E-state index is 0. The quantitative estimate of drug-likeness (QED) is 0.688. The molecule has 0 aromatic heterocycles. The topological polar surface area (TPSA) is 30.5 Å². The molecule has 3 aromatic rings. The van der Waals surface area contributed by atoms with Crippen LogP contribution in [0.3, 0.4) is 0 Å². The van der Waals surface area contributed by atoms with Crippen LogP contribution in [0.1, 0.15) is 5.56 Å². The minimum Gasteiger partial charge on any atom is -0.493 e. The van der Waals surface area contributed by atoms with Gasteiger partial charge in [0.25, 0.3) is 0 Å². The number of hydrogen-bond acceptors (Lipinski definition) is 3. The van der Waals surface area contributed by atoms with Gasteiger partial charge in [0.05, 0.1) is 14.2 Å². The fourth-order valence-corrected chi connectivity index (χ4v) is 2.69. The van der Waals surface area contributed by atoms with E-state index in [1.807, 2.05) is 30.3 Å². The molecule has 0 fully saturated rings. The molecule has 4 heteroatoms. The van der Waals surface area contributed by atoms with E-state index in [0.29, 0.717) is 0 Å². The highest BCUT2D eigenvalue weighted by Gasteiger charge is 2.06. The van der Waals surface area contributed by atoms with Gasteiger partial charge >= 0.3 is 0 Å². The second-order valence-electron chi connectivity index (χ2n) is 5.43. The zero-order valence-corrected chi connectivity index (χ0v) is 14.7. The third-order valence-corrected chi connectivity index (χ3v) is 3.92. The number of para-hydroxylation sites is 1. The number of rotatable bonds is 6. The van der Waals surface area contributed by atoms with E-state index in [0.717, 1.165) is 35.5 Å². The Morgan fingerprint density at radius 1 is 0.792 bits per heavy atom. The van der Waals surface area contributed by atoms with Crippen molar-refractivity contribution in [3.05, 3.63) is 66.2 Å². The van der Waals surface area contributed by atoms with Gasteiger partial charge < -0.3 is 14.8 Å². The average Bonchev–Trinajstić information content (AvgIpc) is 2.61. The molecule has 0 aliphatic rings. The van der Waals surface area contributed by atoms with Crippen LogP contribution in [0.2, 0.25) is 0 Å². The Morgan fingerprint density at radius 3 is 2.12 bits per heavy atom. The molecule has 0 amide bonds. The highest BCUT2D eigenvalue weighted by molar-refractivity contribution is 5.86. The number of nitrogens with one attached hydrogen (secondary N) is 1. The lowest BCUT2D eigenvalue weighted by molar-refractivity contribution is 0.356. The van der Waals surface area contributed by atoms with E-state index in [2.05, 4.69) is 35.6 Å². The summed E-state index contributed by atoms with van der Waals surface area (Å²) in [5, 5.41) is 5.76. The van der Waals surface area contributed by atoms with E-state index >= 15 is 0 Å². The maximum absolute atomic E-state index is 5.39. The first kappa shape index (κ1) is 18.0. The van der Waals surface area contributed by atoms with Crippen molar-refractivity contribution >= 4 is 28.9 Å². The van der Waals surface area contributed by atoms with Crippen LogP contribution < -0.4 is 14.8 Å². The SMILES string of the molecule is COc1cc2ccc(CCNc3ccccc3)cc2cc1OC.Cl. The van der Waals surface area contributed by atoms with Gasteiger partial charge in [-0.3, -0.25) is 0 Å². The number of methoxy groups -OCH3 is 2. The third kappa shape index (κ3) is 4.12. The molecule has 0 radical (unpaired) electrons. The van der Waals surface area contributed by atoms with E-state index in [1.54, 1.807) is 14.2 Å². The van der Waals surface area contributed by atoms with Crippen LogP contribution in [0, 0.1) is 0 Å². The molecule has 126 valence electrons. The summed E-state index contributed by atoms with van der Waals surface area (Å²) in [6, 6.07) is 20.8. The number of anilines is 1. The highest BCUT2D eigenvalue weighted by Crippen LogP contribution is 2.32. The summed E-state index contributed by atoms with van der Waals surface area (Å²) in [7, 11) is 3.32. The molecule has 0 saturated heterocycles. The van der Waals surface area contributed by atoms with Crippen molar-refractivity contribution in [1.82, 2.24) is 0 Å². The molecule has 3 rings (SSSR count). The van der Waals surface area contributed by atoms with Gasteiger partial charge in [0.2, 0.25) is 0 Å². The smallest absolute Gasteiger partial charge is 0.161 e. The standard InChI is InChI=1S/C20H21NO2.ClH/c1-22-19-13-16-9-8-15(12-17(16)14-20(19)23-2)10-11-21-18-6-4-3-5-7-18;/h3-9,12-14,21H,10-11H2,1-2H3;1H. The fourth-order valence-electron chi connectivity index (χ4n) is 2.69. The molecule has 0 unspecified atom stereocenters. The molecule has 24 heavy (non-hydrogen) atoms. The second-order valence-corrected chi connectivity index (χ2v) is 5.43. The molecule has 0 atom stereocenters. The van der Waals surface area contributed by atoms with Crippen molar-refractivity contribution in [2.45, 2.75) is 6.42 Å². The Bertz CT molecular complexity index is 790. The summed E-state index contributed by atoms with van der Waals surface area (Å²) >= 11 is 0. The first-order valence-corrected chi connectivity index (χ1v) is 7.74. The Kier molecular flexibility index (Phi) is 6.33. The Morgan fingerprint density at radius 2 is 1.46 bits per heavy atom. The van der Waals surface area contributed by atoms with Gasteiger partial charge in [0, 0.05) is 12.2 Å². The van der Waals surface area contributed by atoms with Crippen LogP contribution in [-0.2, 0) is 6.42 Å². The average molecular weight is 344 g/mol. The van der Waals surface area contributed by atoms with Crippen LogP contribution in [-0.4, -0.2) is 20.8 Å². The van der Waals surface area contributed by atoms with Crippen molar-refractivity contribution in [2.75, 3.05) is 26.1 Å². The Balaban J connectivity index is 0.00000208. The second kappa shape index (κ2) is 8.46. The lowest BCUT2D eigenvalue weighted by atomic mass is 10.0. The lowest BCUT2D eigenvalue weighted by Gasteiger charge is -2.11. The molecular formula is C20H22ClNO2. The lowest BCUT2D eigenvalue weighted by Crippen LogP contribution is -2.04. The van der Waals surface area contributed by atoms with E-state index in [-0.39, 0.29) is 12.4 Å². The summed E-state index contributed by atoms with van der Waals surface area (Å²) in [5.41, 5.74) is 2.45. The van der Waals surface area contributed by atoms with Crippen LogP contribution in [0.15, 0.2) is 60.7 Å². The van der Waals surface area contributed by atoms with E-state index in [9.17, 15) is 0 Å². The van der Waals surface area contributed by atoms with Crippen LogP contribution in [0.25, 0.3) is 10.8 Å². The van der Waals surface area contributed by atoms with Crippen molar-refractivity contribution in [2.24, 2.45) is 0 Å². The molecular weight excluding hydrogens is 322 g/mol. The third-order valence-electron chi connectivity index (χ3n) is 3.92. The summed E-state index contributed by atoms with van der Waals surface area (Å²) in [5.74, 6) is 1.53. The van der Waals surface area contributed by atoms with Crippen molar-refractivity contribution in [3.8, 4) is 11.5 Å². The summed E-state index contributed by atoms with van der Waals surface area (Å²) < 4.78 is 10.7. The van der Waals surface area contributed by atoms with Gasteiger partial charge in [-0.2, -0.15) is 0 Å². The van der Waals surface area contributed by atoms with E-state index in [4.69, 9.17) is 9.47 Å². The zero-order chi connectivity index (χ0) is 16.1. The van der Waals surface area contributed by atoms with Crippen LogP contribution >= 0.6 is 12.4 Å². The van der Waals surface area contributed by atoms with Gasteiger partial charge in [0.15, 0.2) is 11.5 Å². The van der Waals surface area contributed by atoms with Crippen molar-refractivity contribution in [3.63, 3.8) is 0 Å². The Labute approximate surface area is 149 Å². The van der Waals surface area contributed by atoms with Gasteiger partial charge in [-0.15, -0.1) is 12.4 Å². The van der Waals surface area contributed by atoms with E-state index in [1.165, 1.54) is 10.9 Å². The summed E-state index contributed by atoms with van der Waals surface area (Å²) in [6.07, 6.45) is 0.971. The van der Waals surface area contributed by atoms with Crippen LogP contribution in [0.4, 0.5) is 5.69 Å². The molecule has 0 aliphatic carbocycles. The number of ether oxygens (including phenoxy) is 2. The van der Waals surface area contributed by atoms with Gasteiger partial charge in [-0.05, 0) is 47.0 Å². The molecule has 0 saturated carbocycles. The van der Waals surface area contributed by atoms with Crippen molar-refractivity contribution < 1.29 is 9.47 Å². The van der Waals surface area contributed by atoms with Crippen molar-refractivity contribution in [1.29, 1.82) is 0 Å². The molecule has 0 spiro atoms. The minimum absolute atomic E-state index is 0. The molecule has 0 aliphatic heterocycles. The molecule has 3 aromatic carbocycles. The first-order chi connectivity index (χ1) is 11.3. The monoisotopic (exact) mass is 343 g/mol. The molecule has 0 heterocycles. The molecule has 1 N–H and O–H groups in total. The number of fused-ring (bicyclic) bond motifs is 1. The number of benzene rings is 3.